The fraction of sp³-hybridized carbons (Fsp3) is 0.941. The molecule has 0 saturated heterocycles. The topological polar surface area (TPSA) is 146 Å². The number of carbonyl (C=O) groups excluding carboxylic acids is 3. The molecular formula is C68H134CaO10. The van der Waals surface area contributed by atoms with Crippen molar-refractivity contribution in [3.05, 3.63) is 0 Å². The normalized spacial score (nSPS) is 12.4. The van der Waals surface area contributed by atoms with Crippen molar-refractivity contribution in [2.75, 3.05) is 19.8 Å². The minimum absolute atomic E-state index is 0. The molecule has 0 radical (unpaired) electrons. The van der Waals surface area contributed by atoms with E-state index in [0.717, 1.165) is 77.0 Å². The van der Waals surface area contributed by atoms with Gasteiger partial charge in [0.1, 0.15) is 13.2 Å². The number of hydrogen-bond donors (Lipinski definition) is 2. The zero-order valence-electron chi connectivity index (χ0n) is 52.7. The van der Waals surface area contributed by atoms with Gasteiger partial charge in [0, 0.05) is 32.3 Å². The Labute approximate surface area is 519 Å². The predicted octanol–water partition coefficient (Wildman–Crippen LogP) is 19.7. The zero-order valence-corrected chi connectivity index (χ0v) is 52.7. The molecule has 0 fully saturated rings. The van der Waals surface area contributed by atoms with Crippen LogP contribution in [0.15, 0.2) is 0 Å². The third-order valence-electron chi connectivity index (χ3n) is 15.4. The number of rotatable bonds is 61. The van der Waals surface area contributed by atoms with Crippen LogP contribution >= 0.6 is 0 Å². The van der Waals surface area contributed by atoms with Crippen LogP contribution in [-0.4, -0.2) is 109 Å². The molecule has 0 aromatic heterocycles. The van der Waals surface area contributed by atoms with Crippen LogP contribution in [0.4, 0.5) is 0 Å². The molecule has 0 aliphatic heterocycles. The van der Waals surface area contributed by atoms with Crippen LogP contribution in [-0.2, 0) is 38.1 Å². The Morgan fingerprint density at radius 3 is 0.835 bits per heavy atom. The molecule has 2 unspecified atom stereocenters. The van der Waals surface area contributed by atoms with Crippen molar-refractivity contribution in [1.29, 1.82) is 0 Å². The molecule has 0 spiro atoms. The van der Waals surface area contributed by atoms with Crippen LogP contribution in [0, 0.1) is 0 Å². The molecule has 0 aromatic rings. The SMILES string of the molecule is CCCCCCCCCCCCCCCCCC(=O)OCC(COC(=O)CCCCCCCCCCCCCCCCC)OC(=O)CCCCCCCCCCCCCCCCC.CCCCCOC(C)(CC(C)O)C(=O)O.[CaH2]. The van der Waals surface area contributed by atoms with Crippen LogP contribution in [0.2, 0.25) is 0 Å². The number of carboxylic acid groups (broad SMARTS) is 1. The van der Waals surface area contributed by atoms with Gasteiger partial charge < -0.3 is 29.2 Å². The summed E-state index contributed by atoms with van der Waals surface area (Å²) in [6.45, 7) is 12.3. The van der Waals surface area contributed by atoms with Crippen molar-refractivity contribution in [2.45, 2.75) is 393 Å². The maximum atomic E-state index is 12.8. The number of carboxylic acids is 1. The Kier molecular flexibility index (Phi) is 68.9. The van der Waals surface area contributed by atoms with E-state index in [0.29, 0.717) is 25.9 Å². The second kappa shape index (κ2) is 66.2. The molecule has 0 bridgehead atoms. The summed E-state index contributed by atoms with van der Waals surface area (Å²) in [5, 5.41) is 18.2. The molecule has 10 nitrogen and oxygen atoms in total. The third-order valence-corrected chi connectivity index (χ3v) is 15.4. The summed E-state index contributed by atoms with van der Waals surface area (Å²) < 4.78 is 22.2. The van der Waals surface area contributed by atoms with Gasteiger partial charge in [0.2, 0.25) is 0 Å². The summed E-state index contributed by atoms with van der Waals surface area (Å²) in [5.74, 6) is -1.85. The monoisotopic (exact) mass is 1150 g/mol. The molecule has 79 heavy (non-hydrogen) atoms. The fourth-order valence-electron chi connectivity index (χ4n) is 10.2. The summed E-state index contributed by atoms with van der Waals surface area (Å²) in [5.41, 5.74) is -1.26. The Bertz CT molecular complexity index is 1230. The van der Waals surface area contributed by atoms with Gasteiger partial charge in [0.05, 0.1) is 6.10 Å². The minimum atomic E-state index is -1.26. The zero-order chi connectivity index (χ0) is 57.7. The van der Waals surface area contributed by atoms with Crippen molar-refractivity contribution >= 4 is 61.6 Å². The van der Waals surface area contributed by atoms with E-state index in [9.17, 15) is 24.3 Å². The van der Waals surface area contributed by atoms with Gasteiger partial charge >= 0.3 is 61.6 Å². The fourth-order valence-corrected chi connectivity index (χ4v) is 10.2. The van der Waals surface area contributed by atoms with Crippen molar-refractivity contribution in [1.82, 2.24) is 0 Å². The number of unbranched alkanes of at least 4 members (excludes halogenated alkanes) is 44. The van der Waals surface area contributed by atoms with Crippen LogP contribution in [0.1, 0.15) is 375 Å². The van der Waals surface area contributed by atoms with Crippen LogP contribution in [0.3, 0.4) is 0 Å². The number of ether oxygens (including phenoxy) is 4. The van der Waals surface area contributed by atoms with Gasteiger partial charge in [-0.25, -0.2) is 4.79 Å². The van der Waals surface area contributed by atoms with Crippen molar-refractivity contribution in [3.8, 4) is 0 Å². The van der Waals surface area contributed by atoms with Gasteiger partial charge in [-0.05, 0) is 39.5 Å². The second-order valence-electron chi connectivity index (χ2n) is 23.7. The summed E-state index contributed by atoms with van der Waals surface area (Å²) in [6.07, 6.45) is 60.4. The molecule has 0 aliphatic rings. The summed E-state index contributed by atoms with van der Waals surface area (Å²) in [7, 11) is 0. The summed E-state index contributed by atoms with van der Waals surface area (Å²) >= 11 is 0. The van der Waals surface area contributed by atoms with E-state index in [1.165, 1.54) is 238 Å². The van der Waals surface area contributed by atoms with E-state index in [1.54, 1.807) is 6.92 Å². The number of carbonyl (C=O) groups is 4. The number of aliphatic hydroxyl groups is 1. The molecule has 468 valence electrons. The first-order valence-electron chi connectivity index (χ1n) is 34.0. The van der Waals surface area contributed by atoms with E-state index in [4.69, 9.17) is 24.1 Å². The molecule has 0 aliphatic carbocycles. The molecule has 2 N–H and O–H groups in total. The average Bonchev–Trinajstić information content (AvgIpc) is 3.41. The van der Waals surface area contributed by atoms with Gasteiger partial charge in [-0.15, -0.1) is 0 Å². The number of hydrogen-bond acceptors (Lipinski definition) is 9. The molecule has 2 atom stereocenters. The van der Waals surface area contributed by atoms with Crippen molar-refractivity contribution in [2.24, 2.45) is 0 Å². The van der Waals surface area contributed by atoms with Crippen molar-refractivity contribution < 1.29 is 48.3 Å². The number of esters is 3. The van der Waals surface area contributed by atoms with Gasteiger partial charge in [0.25, 0.3) is 0 Å². The van der Waals surface area contributed by atoms with Crippen LogP contribution in [0.5, 0.6) is 0 Å². The van der Waals surface area contributed by atoms with E-state index in [-0.39, 0.29) is 75.3 Å². The van der Waals surface area contributed by atoms with E-state index < -0.39 is 23.8 Å². The molecule has 0 aromatic carbocycles. The maximum absolute atomic E-state index is 12.8. The number of aliphatic carboxylic acids is 1. The number of aliphatic hydroxyl groups excluding tert-OH is 1. The third kappa shape index (κ3) is 64.5. The average molecular weight is 1150 g/mol. The standard InChI is InChI=1S/C57H110O6.C11H22O4.Ca.2H/c1-4-7-10-13-16-19-22-25-28-31-34-37-40-43-46-49-55(58)61-52-54(63-57(60)51-48-45-42-39-36-33-30-27-24-21-18-15-12-9-6-3)53-62-56(59)50-47-44-41-38-35-32-29-26-23-20-17-14-11-8-5-2;1-4-5-6-7-15-11(3,10(13)14)8-9(2)12;;;/h54H,4-53H2,1-3H3;9,12H,4-8H2,1-3H3,(H,13,14);;;. The quantitative estimate of drug-likeness (QED) is 0.0261. The molecule has 0 saturated carbocycles. The first-order chi connectivity index (χ1) is 37.9. The molecule has 11 heteroatoms. The van der Waals surface area contributed by atoms with Gasteiger partial charge in [0.15, 0.2) is 11.7 Å². The predicted molar refractivity (Wildman–Crippen MR) is 337 cm³/mol. The molecule has 0 rings (SSSR count). The van der Waals surface area contributed by atoms with Crippen molar-refractivity contribution in [3.63, 3.8) is 0 Å². The summed E-state index contributed by atoms with van der Waals surface area (Å²) in [6, 6.07) is 0. The Balaban J connectivity index is -0.00000311. The van der Waals surface area contributed by atoms with E-state index >= 15 is 0 Å². The van der Waals surface area contributed by atoms with Gasteiger partial charge in [-0.2, -0.15) is 0 Å². The Morgan fingerprint density at radius 2 is 0.595 bits per heavy atom. The van der Waals surface area contributed by atoms with E-state index in [1.807, 2.05) is 0 Å². The van der Waals surface area contributed by atoms with Crippen LogP contribution in [0.25, 0.3) is 0 Å². The molecular weight excluding hydrogens is 1020 g/mol. The Hall–Kier alpha value is -0.940. The van der Waals surface area contributed by atoms with Gasteiger partial charge in [-0.3, -0.25) is 14.4 Å². The first kappa shape index (κ1) is 82.3. The van der Waals surface area contributed by atoms with Gasteiger partial charge in [-0.1, -0.05) is 310 Å². The molecule has 0 heterocycles. The molecule has 0 amide bonds. The van der Waals surface area contributed by atoms with E-state index in [2.05, 4.69) is 27.7 Å². The second-order valence-corrected chi connectivity index (χ2v) is 23.7. The Morgan fingerprint density at radius 1 is 0.367 bits per heavy atom. The van der Waals surface area contributed by atoms with Crippen LogP contribution < -0.4 is 0 Å². The first-order valence-corrected chi connectivity index (χ1v) is 34.0. The summed E-state index contributed by atoms with van der Waals surface area (Å²) in [4.78, 5) is 49.1.